The van der Waals surface area contributed by atoms with Gasteiger partial charge in [-0.1, -0.05) is 0 Å². The van der Waals surface area contributed by atoms with Gasteiger partial charge >= 0.3 is 0 Å². The number of rotatable bonds is 8. The first-order valence-electron chi connectivity index (χ1n) is 9.52. The Balaban J connectivity index is 1.54. The van der Waals surface area contributed by atoms with Crippen molar-refractivity contribution in [3.63, 3.8) is 0 Å². The van der Waals surface area contributed by atoms with Crippen LogP contribution in [0, 0.1) is 5.92 Å². The third-order valence-corrected chi connectivity index (χ3v) is 5.51. The molecule has 1 saturated heterocycles. The summed E-state index contributed by atoms with van der Waals surface area (Å²) in [5.74, 6) is 1.90. The second kappa shape index (κ2) is 8.68. The number of piperidine rings is 1. The number of likely N-dealkylation sites (N-methyl/N-ethyl adjacent to an activating group) is 1. The molecule has 0 radical (unpaired) electrons. The smallest absolute Gasteiger partial charge is 0.137 e. The van der Waals surface area contributed by atoms with Crippen LogP contribution in [-0.4, -0.2) is 57.6 Å². The topological polar surface area (TPSA) is 53.6 Å². The molecule has 2 aliphatic heterocycles. The summed E-state index contributed by atoms with van der Waals surface area (Å²) < 4.78 is 5.99. The van der Waals surface area contributed by atoms with E-state index in [-0.39, 0.29) is 12.0 Å². The van der Waals surface area contributed by atoms with Crippen molar-refractivity contribution in [3.8, 4) is 5.75 Å². The average molecular weight is 345 g/mol. The minimum Gasteiger partial charge on any atom is -0.494 e. The fourth-order valence-corrected chi connectivity index (χ4v) is 4.04. The molecule has 3 atom stereocenters. The Labute approximate surface area is 151 Å². The third kappa shape index (κ3) is 4.53. The van der Waals surface area contributed by atoms with Crippen LogP contribution in [0.2, 0.25) is 0 Å². The Bertz CT molecular complexity index is 570. The van der Waals surface area contributed by atoms with Gasteiger partial charge in [0.25, 0.3) is 0 Å². The normalized spacial score (nSPS) is 23.8. The predicted molar refractivity (Wildman–Crippen MR) is 102 cm³/mol. The number of anilines is 1. The quantitative estimate of drug-likeness (QED) is 0.560. The highest BCUT2D eigenvalue weighted by Gasteiger charge is 2.31. The lowest BCUT2D eigenvalue weighted by molar-refractivity contribution is -0.112. The van der Waals surface area contributed by atoms with E-state index in [0.717, 1.165) is 49.8 Å². The molecule has 1 aromatic carbocycles. The lowest BCUT2D eigenvalue weighted by Crippen LogP contribution is -2.36. The van der Waals surface area contributed by atoms with Crippen LogP contribution >= 0.6 is 0 Å². The van der Waals surface area contributed by atoms with Gasteiger partial charge < -0.3 is 20.2 Å². The highest BCUT2D eigenvalue weighted by molar-refractivity contribution is 5.67. The first kappa shape index (κ1) is 18.2. The summed E-state index contributed by atoms with van der Waals surface area (Å²) in [6.45, 7) is 3.89. The van der Waals surface area contributed by atoms with E-state index in [0.29, 0.717) is 0 Å². The highest BCUT2D eigenvalue weighted by atomic mass is 16.5. The Morgan fingerprint density at radius 3 is 2.96 bits per heavy atom. The van der Waals surface area contributed by atoms with Crippen LogP contribution in [0.3, 0.4) is 0 Å². The van der Waals surface area contributed by atoms with Gasteiger partial charge in [-0.15, -0.1) is 0 Å². The van der Waals surface area contributed by atoms with Gasteiger partial charge in [0.05, 0.1) is 12.6 Å². The van der Waals surface area contributed by atoms with Crippen LogP contribution in [0.25, 0.3) is 0 Å². The first-order valence-corrected chi connectivity index (χ1v) is 9.52. The number of carbonyl (C=O) groups excluding carboxylic acids is 1. The molecule has 138 valence electrons. The molecule has 0 amide bonds. The van der Waals surface area contributed by atoms with E-state index in [2.05, 4.69) is 22.8 Å². The lowest BCUT2D eigenvalue weighted by Gasteiger charge is -2.25. The maximum absolute atomic E-state index is 11.5. The summed E-state index contributed by atoms with van der Waals surface area (Å²) in [5.41, 5.74) is 2.32. The molecule has 3 rings (SSSR count). The first-order chi connectivity index (χ1) is 12.2. The van der Waals surface area contributed by atoms with E-state index in [1.54, 1.807) is 0 Å². The number of carbonyl (C=O) groups is 1. The zero-order valence-electron chi connectivity index (χ0n) is 15.5. The highest BCUT2D eigenvalue weighted by Crippen LogP contribution is 2.37. The molecule has 1 aromatic rings. The van der Waals surface area contributed by atoms with Gasteiger partial charge in [0.2, 0.25) is 0 Å². The summed E-state index contributed by atoms with van der Waals surface area (Å²) in [7, 11) is 3.91. The van der Waals surface area contributed by atoms with Crippen molar-refractivity contribution in [3.05, 3.63) is 23.8 Å². The van der Waals surface area contributed by atoms with Crippen LogP contribution in [0.15, 0.2) is 18.2 Å². The van der Waals surface area contributed by atoms with Crippen molar-refractivity contribution in [1.29, 1.82) is 0 Å². The van der Waals surface area contributed by atoms with E-state index in [4.69, 9.17) is 4.74 Å². The molecule has 0 aromatic heterocycles. The largest absolute Gasteiger partial charge is 0.494 e. The SMILES string of the molecule is CN(C)C(C=O)C1CNc2ccc(OCCCC3CCCNC3)cc21. The minimum absolute atomic E-state index is 0.109. The van der Waals surface area contributed by atoms with E-state index in [1.165, 1.54) is 31.4 Å². The second-order valence-electron chi connectivity index (χ2n) is 7.53. The lowest BCUT2D eigenvalue weighted by atomic mass is 9.93. The number of fused-ring (bicyclic) bond motifs is 1. The Morgan fingerprint density at radius 1 is 1.36 bits per heavy atom. The van der Waals surface area contributed by atoms with E-state index in [1.807, 2.05) is 25.1 Å². The van der Waals surface area contributed by atoms with Gasteiger partial charge in [0, 0.05) is 18.2 Å². The number of aldehydes is 1. The molecule has 0 aliphatic carbocycles. The molecule has 0 bridgehead atoms. The zero-order chi connectivity index (χ0) is 17.6. The van der Waals surface area contributed by atoms with Crippen LogP contribution in [0.1, 0.15) is 37.2 Å². The van der Waals surface area contributed by atoms with Crippen molar-refractivity contribution < 1.29 is 9.53 Å². The summed E-state index contributed by atoms with van der Waals surface area (Å²) in [5, 5.41) is 6.88. The average Bonchev–Trinajstić information content (AvgIpc) is 3.03. The van der Waals surface area contributed by atoms with Gasteiger partial charge in [0.1, 0.15) is 12.0 Å². The van der Waals surface area contributed by atoms with Gasteiger partial charge in [-0.05, 0) is 82.5 Å². The Kier molecular flexibility index (Phi) is 6.32. The molecule has 3 unspecified atom stereocenters. The molecular formula is C20H31N3O2. The van der Waals surface area contributed by atoms with Gasteiger partial charge in [-0.25, -0.2) is 0 Å². The molecule has 1 fully saturated rings. The van der Waals surface area contributed by atoms with Crippen molar-refractivity contribution in [2.45, 2.75) is 37.6 Å². The summed E-state index contributed by atoms with van der Waals surface area (Å²) >= 11 is 0. The van der Waals surface area contributed by atoms with E-state index >= 15 is 0 Å². The molecule has 2 N–H and O–H groups in total. The fraction of sp³-hybridized carbons (Fsp3) is 0.650. The molecule has 5 heteroatoms. The van der Waals surface area contributed by atoms with Crippen LogP contribution in [-0.2, 0) is 4.79 Å². The number of hydrogen-bond acceptors (Lipinski definition) is 5. The van der Waals surface area contributed by atoms with Crippen LogP contribution in [0.5, 0.6) is 5.75 Å². The number of ether oxygens (including phenoxy) is 1. The maximum Gasteiger partial charge on any atom is 0.137 e. The third-order valence-electron chi connectivity index (χ3n) is 5.51. The summed E-state index contributed by atoms with van der Waals surface area (Å²) in [6.07, 6.45) is 6.02. The van der Waals surface area contributed by atoms with Crippen molar-refractivity contribution in [2.75, 3.05) is 45.7 Å². The molecule has 0 saturated carbocycles. The van der Waals surface area contributed by atoms with Crippen molar-refractivity contribution >= 4 is 12.0 Å². The Morgan fingerprint density at radius 2 is 2.24 bits per heavy atom. The molecule has 5 nitrogen and oxygen atoms in total. The zero-order valence-corrected chi connectivity index (χ0v) is 15.5. The second-order valence-corrected chi connectivity index (χ2v) is 7.53. The number of hydrogen-bond donors (Lipinski definition) is 2. The van der Waals surface area contributed by atoms with Crippen LogP contribution in [0.4, 0.5) is 5.69 Å². The fourth-order valence-electron chi connectivity index (χ4n) is 4.04. The summed E-state index contributed by atoms with van der Waals surface area (Å²) in [6, 6.07) is 6.11. The minimum atomic E-state index is -0.109. The standard InChI is InChI=1S/C20H31N3O2/c1-23(2)20(14-24)18-13-22-19-8-7-16(11-17(18)19)25-10-4-6-15-5-3-9-21-12-15/h7-8,11,14-15,18,20-22H,3-6,9-10,12-13H2,1-2H3. The number of nitrogens with zero attached hydrogens (tertiary/aromatic N) is 1. The van der Waals surface area contributed by atoms with Gasteiger partial charge in [0.15, 0.2) is 0 Å². The molecule has 25 heavy (non-hydrogen) atoms. The van der Waals surface area contributed by atoms with Crippen molar-refractivity contribution in [1.82, 2.24) is 10.2 Å². The van der Waals surface area contributed by atoms with E-state index in [9.17, 15) is 4.79 Å². The Hall–Kier alpha value is -1.59. The molecular weight excluding hydrogens is 314 g/mol. The van der Waals surface area contributed by atoms with Gasteiger partial charge in [-0.3, -0.25) is 4.90 Å². The number of benzene rings is 1. The molecule has 0 spiro atoms. The van der Waals surface area contributed by atoms with Gasteiger partial charge in [-0.2, -0.15) is 0 Å². The van der Waals surface area contributed by atoms with E-state index < -0.39 is 0 Å². The molecule has 2 heterocycles. The summed E-state index contributed by atoms with van der Waals surface area (Å²) in [4.78, 5) is 13.5. The van der Waals surface area contributed by atoms with Crippen molar-refractivity contribution in [2.24, 2.45) is 5.92 Å². The molecule has 2 aliphatic rings. The monoisotopic (exact) mass is 345 g/mol. The predicted octanol–water partition coefficient (Wildman–Crippen LogP) is 2.48. The maximum atomic E-state index is 11.5. The van der Waals surface area contributed by atoms with Crippen LogP contribution < -0.4 is 15.4 Å². The number of nitrogens with one attached hydrogen (secondary N) is 2.